The molecule has 0 radical (unpaired) electrons. The van der Waals surface area contributed by atoms with Gasteiger partial charge in [0.1, 0.15) is 5.82 Å². The molecule has 1 amide bonds. The zero-order chi connectivity index (χ0) is 20.4. The highest BCUT2D eigenvalue weighted by molar-refractivity contribution is 6.31. The Morgan fingerprint density at radius 3 is 2.68 bits per heavy atom. The fourth-order valence-electron chi connectivity index (χ4n) is 3.19. The molecule has 28 heavy (non-hydrogen) atoms. The summed E-state index contributed by atoms with van der Waals surface area (Å²) in [5, 5.41) is 10.1. The molecule has 0 spiro atoms. The molecule has 0 saturated carbocycles. The van der Waals surface area contributed by atoms with Crippen molar-refractivity contribution in [1.82, 2.24) is 20.9 Å². The first-order chi connectivity index (χ1) is 13.5. The number of carbonyl (C=O) groups is 1. The molecule has 6 nitrogen and oxygen atoms in total. The second-order valence-electron chi connectivity index (χ2n) is 7.03. The van der Waals surface area contributed by atoms with Crippen LogP contribution in [-0.2, 0) is 11.2 Å². The van der Waals surface area contributed by atoms with Crippen LogP contribution in [0.25, 0.3) is 0 Å². The Kier molecular flexibility index (Phi) is 9.50. The first-order valence-corrected chi connectivity index (χ1v) is 10.3. The zero-order valence-electron chi connectivity index (χ0n) is 16.7. The summed E-state index contributed by atoms with van der Waals surface area (Å²) in [6.45, 7) is 5.69. The standard InChI is InChI=1S/C20H31ClFN5O/c1-3-9-24-19(28)14-27-11-7-17(8-12-27)26-20(23-2)25-10-6-15-4-5-16(22)13-18(15)21/h4-5,13,17H,3,6-12,14H2,1-2H3,(H,24,28)(H2,23,25,26). The van der Waals surface area contributed by atoms with Crippen LogP contribution in [-0.4, -0.2) is 62.6 Å². The van der Waals surface area contributed by atoms with Crippen LogP contribution < -0.4 is 16.0 Å². The third kappa shape index (κ3) is 7.64. The van der Waals surface area contributed by atoms with E-state index in [0.29, 0.717) is 30.6 Å². The molecular formula is C20H31ClFN5O. The normalized spacial score (nSPS) is 16.1. The number of amides is 1. The highest BCUT2D eigenvalue weighted by Gasteiger charge is 2.21. The van der Waals surface area contributed by atoms with Crippen molar-refractivity contribution in [2.24, 2.45) is 4.99 Å². The molecule has 2 rings (SSSR count). The first kappa shape index (κ1) is 22.4. The van der Waals surface area contributed by atoms with Crippen molar-refractivity contribution in [3.05, 3.63) is 34.6 Å². The number of rotatable bonds is 8. The highest BCUT2D eigenvalue weighted by Crippen LogP contribution is 2.17. The van der Waals surface area contributed by atoms with E-state index in [-0.39, 0.29) is 11.7 Å². The van der Waals surface area contributed by atoms with Crippen molar-refractivity contribution in [3.8, 4) is 0 Å². The van der Waals surface area contributed by atoms with E-state index in [1.54, 1.807) is 13.1 Å². The van der Waals surface area contributed by atoms with Gasteiger partial charge in [0.2, 0.25) is 5.91 Å². The smallest absolute Gasteiger partial charge is 0.234 e. The van der Waals surface area contributed by atoms with Crippen molar-refractivity contribution in [1.29, 1.82) is 0 Å². The summed E-state index contributed by atoms with van der Waals surface area (Å²) in [7, 11) is 1.74. The second-order valence-corrected chi connectivity index (χ2v) is 7.44. The molecule has 1 heterocycles. The monoisotopic (exact) mass is 411 g/mol. The van der Waals surface area contributed by atoms with Crippen molar-refractivity contribution in [3.63, 3.8) is 0 Å². The molecule has 1 saturated heterocycles. The highest BCUT2D eigenvalue weighted by atomic mass is 35.5. The average molecular weight is 412 g/mol. The van der Waals surface area contributed by atoms with Gasteiger partial charge in [0.25, 0.3) is 0 Å². The van der Waals surface area contributed by atoms with Crippen molar-refractivity contribution < 1.29 is 9.18 Å². The first-order valence-electron chi connectivity index (χ1n) is 9.92. The SMILES string of the molecule is CCCNC(=O)CN1CCC(NC(=NC)NCCc2ccc(F)cc2Cl)CC1. The Bertz CT molecular complexity index is 662. The van der Waals surface area contributed by atoms with E-state index in [1.807, 2.05) is 6.92 Å². The fourth-order valence-corrected chi connectivity index (χ4v) is 3.45. The maximum absolute atomic E-state index is 13.1. The third-order valence-corrected chi connectivity index (χ3v) is 5.15. The van der Waals surface area contributed by atoms with E-state index in [9.17, 15) is 9.18 Å². The predicted octanol–water partition coefficient (Wildman–Crippen LogP) is 2.18. The summed E-state index contributed by atoms with van der Waals surface area (Å²) in [5.74, 6) is 0.524. The van der Waals surface area contributed by atoms with Gasteiger partial charge in [-0.3, -0.25) is 14.7 Å². The molecule has 1 aliphatic heterocycles. The van der Waals surface area contributed by atoms with Crippen LogP contribution in [0.3, 0.4) is 0 Å². The Hall–Kier alpha value is -1.86. The number of nitrogens with one attached hydrogen (secondary N) is 3. The molecule has 156 valence electrons. The van der Waals surface area contributed by atoms with Crippen LogP contribution in [0.5, 0.6) is 0 Å². The van der Waals surface area contributed by atoms with Gasteiger partial charge >= 0.3 is 0 Å². The second kappa shape index (κ2) is 11.9. The molecule has 0 bridgehead atoms. The Labute approximate surface area is 171 Å². The molecule has 0 aromatic heterocycles. The minimum absolute atomic E-state index is 0.102. The minimum Gasteiger partial charge on any atom is -0.356 e. The summed E-state index contributed by atoms with van der Waals surface area (Å²) in [4.78, 5) is 18.3. The van der Waals surface area contributed by atoms with Gasteiger partial charge in [0, 0.05) is 44.3 Å². The number of nitrogens with zero attached hydrogens (tertiary/aromatic N) is 2. The largest absolute Gasteiger partial charge is 0.356 e. The van der Waals surface area contributed by atoms with Gasteiger partial charge in [0.15, 0.2) is 5.96 Å². The number of aliphatic imine (C=N–C) groups is 1. The van der Waals surface area contributed by atoms with Gasteiger partial charge in [-0.2, -0.15) is 0 Å². The Morgan fingerprint density at radius 1 is 1.29 bits per heavy atom. The quantitative estimate of drug-likeness (QED) is 0.453. The zero-order valence-corrected chi connectivity index (χ0v) is 17.5. The van der Waals surface area contributed by atoms with E-state index >= 15 is 0 Å². The maximum Gasteiger partial charge on any atom is 0.234 e. The van der Waals surface area contributed by atoms with Crippen LogP contribution in [0.1, 0.15) is 31.7 Å². The van der Waals surface area contributed by atoms with Gasteiger partial charge in [0.05, 0.1) is 6.54 Å². The van der Waals surface area contributed by atoms with Crippen LogP contribution in [0, 0.1) is 5.82 Å². The average Bonchev–Trinajstić information content (AvgIpc) is 2.68. The number of carbonyl (C=O) groups excluding carboxylic acids is 1. The number of hydrogen-bond donors (Lipinski definition) is 3. The maximum atomic E-state index is 13.1. The number of halogens is 2. The predicted molar refractivity (Wildman–Crippen MR) is 112 cm³/mol. The Morgan fingerprint density at radius 2 is 2.04 bits per heavy atom. The molecule has 1 aliphatic rings. The van der Waals surface area contributed by atoms with Gasteiger partial charge in [-0.15, -0.1) is 0 Å². The third-order valence-electron chi connectivity index (χ3n) is 4.79. The Balaban J connectivity index is 1.68. The number of benzene rings is 1. The van der Waals surface area contributed by atoms with Crippen LogP contribution in [0.15, 0.2) is 23.2 Å². The minimum atomic E-state index is -0.326. The van der Waals surface area contributed by atoms with Crippen molar-refractivity contribution in [2.45, 2.75) is 38.6 Å². The van der Waals surface area contributed by atoms with Gasteiger partial charge in [-0.1, -0.05) is 24.6 Å². The molecular weight excluding hydrogens is 381 g/mol. The van der Waals surface area contributed by atoms with E-state index in [2.05, 4.69) is 25.8 Å². The van der Waals surface area contributed by atoms with Crippen LogP contribution >= 0.6 is 11.6 Å². The molecule has 0 unspecified atom stereocenters. The molecule has 1 aromatic carbocycles. The van der Waals surface area contributed by atoms with Gasteiger partial charge in [-0.05, 0) is 43.4 Å². The van der Waals surface area contributed by atoms with E-state index in [4.69, 9.17) is 11.6 Å². The van der Waals surface area contributed by atoms with E-state index in [1.165, 1.54) is 12.1 Å². The lowest BCUT2D eigenvalue weighted by atomic mass is 10.1. The lowest BCUT2D eigenvalue weighted by Gasteiger charge is -2.32. The summed E-state index contributed by atoms with van der Waals surface area (Å²) in [6, 6.07) is 4.79. The van der Waals surface area contributed by atoms with Gasteiger partial charge < -0.3 is 16.0 Å². The number of piperidine rings is 1. The molecule has 1 fully saturated rings. The summed E-state index contributed by atoms with van der Waals surface area (Å²) in [5.41, 5.74) is 0.903. The molecule has 1 aromatic rings. The lowest BCUT2D eigenvalue weighted by molar-refractivity contribution is -0.122. The van der Waals surface area contributed by atoms with Crippen molar-refractivity contribution >= 4 is 23.5 Å². The topological polar surface area (TPSA) is 68.8 Å². The summed E-state index contributed by atoms with van der Waals surface area (Å²) < 4.78 is 13.1. The fraction of sp³-hybridized carbons (Fsp3) is 0.600. The molecule has 0 aliphatic carbocycles. The van der Waals surface area contributed by atoms with Crippen LogP contribution in [0.2, 0.25) is 5.02 Å². The molecule has 3 N–H and O–H groups in total. The lowest BCUT2D eigenvalue weighted by Crippen LogP contribution is -2.50. The number of guanidine groups is 1. The van der Waals surface area contributed by atoms with Crippen LogP contribution in [0.4, 0.5) is 4.39 Å². The molecule has 8 heteroatoms. The van der Waals surface area contributed by atoms with Crippen molar-refractivity contribution in [2.75, 3.05) is 39.8 Å². The number of likely N-dealkylation sites (tertiary alicyclic amines) is 1. The summed E-state index contributed by atoms with van der Waals surface area (Å²) in [6.07, 6.45) is 3.57. The van der Waals surface area contributed by atoms with E-state index < -0.39 is 0 Å². The van der Waals surface area contributed by atoms with E-state index in [0.717, 1.165) is 50.4 Å². The molecule has 0 atom stereocenters. The summed E-state index contributed by atoms with van der Waals surface area (Å²) >= 11 is 6.07. The van der Waals surface area contributed by atoms with Gasteiger partial charge in [-0.25, -0.2) is 4.39 Å². The number of hydrogen-bond acceptors (Lipinski definition) is 3.